The van der Waals surface area contributed by atoms with E-state index < -0.39 is 0 Å². The van der Waals surface area contributed by atoms with Crippen molar-refractivity contribution in [1.82, 2.24) is 0 Å². The highest BCUT2D eigenvalue weighted by Gasteiger charge is 2.16. The fourth-order valence-electron chi connectivity index (χ4n) is 8.90. The number of rotatable bonds is 13. The average molecular weight is 809 g/mol. The van der Waals surface area contributed by atoms with E-state index in [0.29, 0.717) is 0 Å². The molecule has 0 spiro atoms. The first-order chi connectivity index (χ1) is 31.2. The van der Waals surface area contributed by atoms with Gasteiger partial charge in [-0.2, -0.15) is 0 Å². The van der Waals surface area contributed by atoms with Crippen molar-refractivity contribution in [2.24, 2.45) is 0 Å². The lowest BCUT2D eigenvalue weighted by atomic mass is 9.89. The van der Waals surface area contributed by atoms with Gasteiger partial charge in [-0.15, -0.1) is 0 Å². The highest BCUT2D eigenvalue weighted by Crippen LogP contribution is 2.38. The standard InChI is InChI=1S/C61H48N2/c1-5-17-49(18-6-1)61(50-19-7-2-8-20-50)62-51-39-31-45(32-40-51)29-35-47-37-43-59(57-27-15-13-25-55(47)57)60-44-38-48(56-26-14-16-28-58(56)60)36-30-46-33-41-54(42-34-46)63(52-21-9-3-10-22-52)53-23-11-4-12-24-53/h1-29,31-35,37-44,61-62H,30,36H2. The minimum atomic E-state index is 0.0635. The van der Waals surface area contributed by atoms with E-state index in [0.717, 1.165) is 41.2 Å². The molecule has 0 bridgehead atoms. The zero-order valence-corrected chi connectivity index (χ0v) is 35.2. The Bertz CT molecular complexity index is 3030. The molecule has 10 rings (SSSR count). The Hall–Kier alpha value is -7.94. The van der Waals surface area contributed by atoms with Gasteiger partial charge in [-0.1, -0.05) is 206 Å². The van der Waals surface area contributed by atoms with E-state index in [9.17, 15) is 0 Å². The molecule has 0 atom stereocenters. The lowest BCUT2D eigenvalue weighted by Gasteiger charge is -2.25. The van der Waals surface area contributed by atoms with Gasteiger partial charge in [-0.3, -0.25) is 0 Å². The maximum atomic E-state index is 3.78. The smallest absolute Gasteiger partial charge is 0.0767 e. The highest BCUT2D eigenvalue weighted by atomic mass is 15.1. The molecule has 0 fully saturated rings. The Morgan fingerprint density at radius 3 is 1.43 bits per heavy atom. The number of benzene rings is 10. The minimum Gasteiger partial charge on any atom is -0.374 e. The Balaban J connectivity index is 0.875. The molecule has 0 aliphatic rings. The van der Waals surface area contributed by atoms with Gasteiger partial charge < -0.3 is 10.2 Å². The number of nitrogens with zero attached hydrogens (tertiary/aromatic N) is 1. The second-order valence-electron chi connectivity index (χ2n) is 16.1. The Labute approximate surface area is 371 Å². The Morgan fingerprint density at radius 1 is 0.365 bits per heavy atom. The molecule has 0 unspecified atom stereocenters. The summed E-state index contributed by atoms with van der Waals surface area (Å²) in [5.41, 5.74) is 14.6. The van der Waals surface area contributed by atoms with Crippen LogP contribution < -0.4 is 10.2 Å². The summed E-state index contributed by atoms with van der Waals surface area (Å²) in [7, 11) is 0. The molecule has 2 nitrogen and oxygen atoms in total. The van der Waals surface area contributed by atoms with E-state index >= 15 is 0 Å². The quantitative estimate of drug-likeness (QED) is 0.117. The van der Waals surface area contributed by atoms with Crippen molar-refractivity contribution in [3.05, 3.63) is 276 Å². The molecule has 0 saturated carbocycles. The van der Waals surface area contributed by atoms with Crippen LogP contribution in [0.5, 0.6) is 0 Å². The predicted octanol–water partition coefficient (Wildman–Crippen LogP) is 16.3. The number of anilines is 4. The molecule has 63 heavy (non-hydrogen) atoms. The van der Waals surface area contributed by atoms with E-state index in [1.807, 2.05) is 0 Å². The maximum absolute atomic E-state index is 3.78. The lowest BCUT2D eigenvalue weighted by Crippen LogP contribution is -2.12. The molecule has 10 aromatic carbocycles. The molecule has 1 N–H and O–H groups in total. The number of hydrogen-bond acceptors (Lipinski definition) is 2. The van der Waals surface area contributed by atoms with Gasteiger partial charge in [-0.05, 0) is 127 Å². The number of fused-ring (bicyclic) bond motifs is 2. The van der Waals surface area contributed by atoms with Gasteiger partial charge in [0.2, 0.25) is 0 Å². The fourth-order valence-corrected chi connectivity index (χ4v) is 8.90. The van der Waals surface area contributed by atoms with Gasteiger partial charge in [0.05, 0.1) is 6.04 Å². The summed E-state index contributed by atoms with van der Waals surface area (Å²) in [6.45, 7) is 0. The zero-order chi connectivity index (χ0) is 42.2. The van der Waals surface area contributed by atoms with Crippen LogP contribution in [0, 0.1) is 0 Å². The van der Waals surface area contributed by atoms with E-state index in [1.165, 1.54) is 60.5 Å². The van der Waals surface area contributed by atoms with Crippen molar-refractivity contribution in [1.29, 1.82) is 0 Å². The van der Waals surface area contributed by atoms with Gasteiger partial charge in [0.15, 0.2) is 0 Å². The van der Waals surface area contributed by atoms with Gasteiger partial charge in [0.1, 0.15) is 0 Å². The average Bonchev–Trinajstić information content (AvgIpc) is 3.36. The molecule has 0 saturated heterocycles. The Morgan fingerprint density at radius 2 is 0.841 bits per heavy atom. The van der Waals surface area contributed by atoms with Crippen LogP contribution in [-0.2, 0) is 12.8 Å². The molecule has 302 valence electrons. The predicted molar refractivity (Wildman–Crippen MR) is 269 cm³/mol. The van der Waals surface area contributed by atoms with E-state index in [2.05, 4.69) is 265 Å². The van der Waals surface area contributed by atoms with Gasteiger partial charge in [-0.25, -0.2) is 0 Å². The largest absolute Gasteiger partial charge is 0.374 e. The molecule has 2 heteroatoms. The second kappa shape index (κ2) is 18.4. The summed E-state index contributed by atoms with van der Waals surface area (Å²) in [6.07, 6.45) is 6.39. The topological polar surface area (TPSA) is 15.3 Å². The van der Waals surface area contributed by atoms with Crippen molar-refractivity contribution in [3.8, 4) is 11.1 Å². The number of nitrogens with one attached hydrogen (secondary N) is 1. The van der Waals surface area contributed by atoms with Crippen LogP contribution in [0.2, 0.25) is 0 Å². The summed E-state index contributed by atoms with van der Waals surface area (Å²) in [5, 5.41) is 8.88. The summed E-state index contributed by atoms with van der Waals surface area (Å²) < 4.78 is 0. The summed E-state index contributed by atoms with van der Waals surface area (Å²) in [5.74, 6) is 0. The normalized spacial score (nSPS) is 11.4. The monoisotopic (exact) mass is 808 g/mol. The Kier molecular flexibility index (Phi) is 11.4. The van der Waals surface area contributed by atoms with Crippen LogP contribution >= 0.6 is 0 Å². The SMILES string of the molecule is C(=Cc1ccc(-c2ccc(CCc3ccc(N(c4ccccc4)c4ccccc4)cc3)c3ccccc23)c2ccccc12)c1ccc(NC(c2ccccc2)c2ccccc2)cc1. The molecule has 0 aliphatic carbocycles. The zero-order valence-electron chi connectivity index (χ0n) is 35.2. The highest BCUT2D eigenvalue weighted by molar-refractivity contribution is 6.08. The van der Waals surface area contributed by atoms with Crippen LogP contribution in [0.3, 0.4) is 0 Å². The molecule has 0 heterocycles. The van der Waals surface area contributed by atoms with Crippen molar-refractivity contribution in [2.75, 3.05) is 10.2 Å². The van der Waals surface area contributed by atoms with Gasteiger partial charge in [0.25, 0.3) is 0 Å². The number of aryl methyl sites for hydroxylation is 2. The van der Waals surface area contributed by atoms with Crippen molar-refractivity contribution >= 4 is 56.4 Å². The molecule has 10 aromatic rings. The second-order valence-corrected chi connectivity index (χ2v) is 16.1. The van der Waals surface area contributed by atoms with E-state index in [-0.39, 0.29) is 6.04 Å². The lowest BCUT2D eigenvalue weighted by molar-refractivity contribution is 0.939. The molecule has 0 radical (unpaired) electrons. The number of hydrogen-bond donors (Lipinski definition) is 1. The van der Waals surface area contributed by atoms with E-state index in [1.54, 1.807) is 0 Å². The third-order valence-electron chi connectivity index (χ3n) is 12.1. The van der Waals surface area contributed by atoms with Crippen LogP contribution in [0.25, 0.3) is 44.8 Å². The van der Waals surface area contributed by atoms with Crippen molar-refractivity contribution in [2.45, 2.75) is 18.9 Å². The first-order valence-corrected chi connectivity index (χ1v) is 21.9. The van der Waals surface area contributed by atoms with Crippen LogP contribution in [0.1, 0.15) is 39.4 Å². The molecule has 0 amide bonds. The molecule has 0 aliphatic heterocycles. The molecular formula is C61H48N2. The van der Waals surface area contributed by atoms with Gasteiger partial charge in [0, 0.05) is 22.7 Å². The summed E-state index contributed by atoms with van der Waals surface area (Å²) in [6, 6.07) is 87.3. The first-order valence-electron chi connectivity index (χ1n) is 21.9. The number of para-hydroxylation sites is 2. The van der Waals surface area contributed by atoms with Crippen molar-refractivity contribution in [3.63, 3.8) is 0 Å². The minimum absolute atomic E-state index is 0.0635. The summed E-state index contributed by atoms with van der Waals surface area (Å²) >= 11 is 0. The molecule has 0 aromatic heterocycles. The summed E-state index contributed by atoms with van der Waals surface area (Å²) in [4.78, 5) is 2.31. The van der Waals surface area contributed by atoms with Crippen LogP contribution in [0.15, 0.2) is 243 Å². The third kappa shape index (κ3) is 8.66. The van der Waals surface area contributed by atoms with Gasteiger partial charge >= 0.3 is 0 Å². The fraction of sp³-hybridized carbons (Fsp3) is 0.0492. The molecular weight excluding hydrogens is 761 g/mol. The maximum Gasteiger partial charge on any atom is 0.0767 e. The van der Waals surface area contributed by atoms with E-state index in [4.69, 9.17) is 0 Å². The van der Waals surface area contributed by atoms with Crippen LogP contribution in [-0.4, -0.2) is 0 Å². The van der Waals surface area contributed by atoms with Crippen molar-refractivity contribution < 1.29 is 0 Å². The van der Waals surface area contributed by atoms with Crippen LogP contribution in [0.4, 0.5) is 22.7 Å². The first kappa shape index (κ1) is 39.2. The third-order valence-corrected chi connectivity index (χ3v) is 12.1.